The molecule has 2 aromatic rings. The molecule has 27 heavy (non-hydrogen) atoms. The van der Waals surface area contributed by atoms with Crippen LogP contribution < -0.4 is 20.1 Å². The van der Waals surface area contributed by atoms with Crippen LogP contribution in [0.1, 0.15) is 40.1 Å². The monoisotopic (exact) mass is 370 g/mol. The summed E-state index contributed by atoms with van der Waals surface area (Å²) in [6.45, 7) is 4.98. The highest BCUT2D eigenvalue weighted by atomic mass is 16.5. The number of methoxy groups -OCH3 is 2. The van der Waals surface area contributed by atoms with E-state index >= 15 is 0 Å². The third-order valence-corrected chi connectivity index (χ3v) is 3.96. The molecule has 0 atom stereocenters. The Labute approximate surface area is 159 Å². The van der Waals surface area contributed by atoms with Gasteiger partial charge in [0.2, 0.25) is 0 Å². The standard InChI is InChI=1S/C21H26N2O4/c1-14(2)12-22-20(24)16-6-5-7-17(11-16)21(25)23-13-15-8-9-18(26-3)19(10-15)27-4/h5-11,14H,12-13H2,1-4H3,(H,22,24)(H,23,25). The largest absolute Gasteiger partial charge is 0.493 e. The van der Waals surface area contributed by atoms with E-state index in [2.05, 4.69) is 10.6 Å². The van der Waals surface area contributed by atoms with Gasteiger partial charge in [-0.05, 0) is 41.8 Å². The Bertz CT molecular complexity index is 803. The number of amides is 2. The van der Waals surface area contributed by atoms with Gasteiger partial charge in [-0.25, -0.2) is 0 Å². The molecule has 0 saturated carbocycles. The van der Waals surface area contributed by atoms with E-state index in [1.54, 1.807) is 44.6 Å². The second kappa shape index (κ2) is 9.62. The van der Waals surface area contributed by atoms with Crippen molar-refractivity contribution >= 4 is 11.8 Å². The van der Waals surface area contributed by atoms with Gasteiger partial charge in [-0.2, -0.15) is 0 Å². The van der Waals surface area contributed by atoms with Crippen molar-refractivity contribution in [3.8, 4) is 11.5 Å². The summed E-state index contributed by atoms with van der Waals surface area (Å²) < 4.78 is 10.5. The molecule has 6 heteroatoms. The summed E-state index contributed by atoms with van der Waals surface area (Å²) >= 11 is 0. The second-order valence-corrected chi connectivity index (χ2v) is 6.56. The van der Waals surface area contributed by atoms with Crippen molar-refractivity contribution in [1.82, 2.24) is 10.6 Å². The van der Waals surface area contributed by atoms with Crippen LogP contribution in [-0.2, 0) is 6.54 Å². The quantitative estimate of drug-likeness (QED) is 0.749. The van der Waals surface area contributed by atoms with E-state index in [0.717, 1.165) is 5.56 Å². The summed E-state index contributed by atoms with van der Waals surface area (Å²) in [6, 6.07) is 12.1. The molecular weight excluding hydrogens is 344 g/mol. The van der Waals surface area contributed by atoms with Crippen molar-refractivity contribution in [3.05, 3.63) is 59.2 Å². The van der Waals surface area contributed by atoms with Crippen LogP contribution in [0.25, 0.3) is 0 Å². The minimum atomic E-state index is -0.247. The van der Waals surface area contributed by atoms with Crippen LogP contribution in [0.2, 0.25) is 0 Å². The molecule has 144 valence electrons. The van der Waals surface area contributed by atoms with E-state index < -0.39 is 0 Å². The zero-order valence-corrected chi connectivity index (χ0v) is 16.2. The van der Waals surface area contributed by atoms with Gasteiger partial charge in [0.15, 0.2) is 11.5 Å². The fourth-order valence-corrected chi connectivity index (χ4v) is 2.48. The Morgan fingerprint density at radius 1 is 0.889 bits per heavy atom. The minimum Gasteiger partial charge on any atom is -0.493 e. The first-order valence-electron chi connectivity index (χ1n) is 8.82. The van der Waals surface area contributed by atoms with Crippen LogP contribution in [0.15, 0.2) is 42.5 Å². The van der Waals surface area contributed by atoms with E-state index in [4.69, 9.17) is 9.47 Å². The van der Waals surface area contributed by atoms with Crippen LogP contribution >= 0.6 is 0 Å². The molecular formula is C21H26N2O4. The van der Waals surface area contributed by atoms with Crippen molar-refractivity contribution in [1.29, 1.82) is 0 Å². The first kappa shape index (κ1) is 20.3. The molecule has 0 fully saturated rings. The zero-order valence-electron chi connectivity index (χ0n) is 16.2. The van der Waals surface area contributed by atoms with Crippen LogP contribution in [0.5, 0.6) is 11.5 Å². The van der Waals surface area contributed by atoms with Crippen LogP contribution in [-0.4, -0.2) is 32.6 Å². The SMILES string of the molecule is COc1ccc(CNC(=O)c2cccc(C(=O)NCC(C)C)c2)cc1OC. The lowest BCUT2D eigenvalue weighted by Gasteiger charge is -2.11. The van der Waals surface area contributed by atoms with E-state index in [-0.39, 0.29) is 11.8 Å². The third-order valence-electron chi connectivity index (χ3n) is 3.96. The van der Waals surface area contributed by atoms with Gasteiger partial charge in [0.05, 0.1) is 14.2 Å². The zero-order chi connectivity index (χ0) is 19.8. The molecule has 2 N–H and O–H groups in total. The predicted octanol–water partition coefficient (Wildman–Crippen LogP) is 3.02. The molecule has 0 unspecified atom stereocenters. The van der Waals surface area contributed by atoms with Crippen LogP contribution in [0, 0.1) is 5.92 Å². The Morgan fingerprint density at radius 3 is 2.11 bits per heavy atom. The topological polar surface area (TPSA) is 76.7 Å². The Balaban J connectivity index is 2.02. The molecule has 2 aromatic carbocycles. The maximum Gasteiger partial charge on any atom is 0.251 e. The number of benzene rings is 2. The molecule has 2 rings (SSSR count). The number of hydrogen-bond donors (Lipinski definition) is 2. The lowest BCUT2D eigenvalue weighted by atomic mass is 10.1. The molecule has 0 aromatic heterocycles. The third kappa shape index (κ3) is 5.74. The van der Waals surface area contributed by atoms with Crippen molar-refractivity contribution in [2.24, 2.45) is 5.92 Å². The summed E-state index contributed by atoms with van der Waals surface area (Å²) in [4.78, 5) is 24.6. The summed E-state index contributed by atoms with van der Waals surface area (Å²) in [5.41, 5.74) is 1.79. The Hall–Kier alpha value is -3.02. The van der Waals surface area contributed by atoms with Gasteiger partial charge in [0, 0.05) is 24.2 Å². The van der Waals surface area contributed by atoms with Crippen molar-refractivity contribution < 1.29 is 19.1 Å². The average molecular weight is 370 g/mol. The van der Waals surface area contributed by atoms with Crippen molar-refractivity contribution in [2.75, 3.05) is 20.8 Å². The lowest BCUT2D eigenvalue weighted by molar-refractivity contribution is 0.0949. The van der Waals surface area contributed by atoms with Crippen LogP contribution in [0.3, 0.4) is 0 Å². The van der Waals surface area contributed by atoms with Crippen molar-refractivity contribution in [2.45, 2.75) is 20.4 Å². The van der Waals surface area contributed by atoms with Crippen LogP contribution in [0.4, 0.5) is 0 Å². The van der Waals surface area contributed by atoms with Gasteiger partial charge in [-0.3, -0.25) is 9.59 Å². The van der Waals surface area contributed by atoms with Gasteiger partial charge in [0.25, 0.3) is 11.8 Å². The molecule has 0 aliphatic rings. The van der Waals surface area contributed by atoms with Gasteiger partial charge in [-0.15, -0.1) is 0 Å². The number of rotatable bonds is 8. The van der Waals surface area contributed by atoms with Gasteiger partial charge in [-0.1, -0.05) is 26.0 Å². The summed E-state index contributed by atoms with van der Waals surface area (Å²) in [5, 5.41) is 5.70. The first-order chi connectivity index (χ1) is 12.9. The highest BCUT2D eigenvalue weighted by Crippen LogP contribution is 2.27. The summed E-state index contributed by atoms with van der Waals surface area (Å²) in [7, 11) is 3.14. The molecule has 2 amide bonds. The average Bonchev–Trinajstić information content (AvgIpc) is 2.69. The predicted molar refractivity (Wildman–Crippen MR) is 104 cm³/mol. The molecule has 0 aliphatic carbocycles. The molecule has 0 aliphatic heterocycles. The molecule has 0 radical (unpaired) electrons. The maximum atomic E-state index is 12.4. The maximum absolute atomic E-state index is 12.4. The van der Waals surface area contributed by atoms with E-state index in [1.165, 1.54) is 0 Å². The van der Waals surface area contributed by atoms with Crippen molar-refractivity contribution in [3.63, 3.8) is 0 Å². The van der Waals surface area contributed by atoms with Gasteiger partial charge >= 0.3 is 0 Å². The summed E-state index contributed by atoms with van der Waals surface area (Å²) in [5.74, 6) is 1.17. The number of ether oxygens (including phenoxy) is 2. The highest BCUT2D eigenvalue weighted by Gasteiger charge is 2.11. The molecule has 6 nitrogen and oxygen atoms in total. The van der Waals surface area contributed by atoms with E-state index in [9.17, 15) is 9.59 Å². The van der Waals surface area contributed by atoms with Gasteiger partial charge in [0.1, 0.15) is 0 Å². The van der Waals surface area contributed by atoms with E-state index in [0.29, 0.717) is 41.6 Å². The smallest absolute Gasteiger partial charge is 0.251 e. The summed E-state index contributed by atoms with van der Waals surface area (Å²) in [6.07, 6.45) is 0. The second-order valence-electron chi connectivity index (χ2n) is 6.56. The number of carbonyl (C=O) groups is 2. The normalized spacial score (nSPS) is 10.4. The van der Waals surface area contributed by atoms with E-state index in [1.807, 2.05) is 26.0 Å². The molecule has 0 bridgehead atoms. The highest BCUT2D eigenvalue weighted by molar-refractivity contribution is 5.99. The number of carbonyl (C=O) groups excluding carboxylic acids is 2. The minimum absolute atomic E-state index is 0.182. The number of hydrogen-bond acceptors (Lipinski definition) is 4. The molecule has 0 heterocycles. The molecule has 0 spiro atoms. The van der Waals surface area contributed by atoms with Gasteiger partial charge < -0.3 is 20.1 Å². The first-order valence-corrected chi connectivity index (χ1v) is 8.82. The fraction of sp³-hybridized carbons (Fsp3) is 0.333. The Kier molecular flexibility index (Phi) is 7.23. The molecule has 0 saturated heterocycles. The lowest BCUT2D eigenvalue weighted by Crippen LogP contribution is -2.28. The number of nitrogens with one attached hydrogen (secondary N) is 2. The Morgan fingerprint density at radius 2 is 1.52 bits per heavy atom. The fourth-order valence-electron chi connectivity index (χ4n) is 2.48.